The second-order valence-corrected chi connectivity index (χ2v) is 7.36. The van der Waals surface area contributed by atoms with E-state index in [1.54, 1.807) is 6.92 Å². The maximum atomic E-state index is 14.4. The molecule has 9 nitrogen and oxygen atoms in total. The molecule has 1 aromatic carbocycles. The van der Waals surface area contributed by atoms with Gasteiger partial charge in [0.25, 0.3) is 5.91 Å². The molecule has 0 saturated heterocycles. The Morgan fingerprint density at radius 2 is 1.85 bits per heavy atom. The molecule has 1 amide bonds. The number of aromatic nitrogens is 5. The van der Waals surface area contributed by atoms with Gasteiger partial charge in [-0.05, 0) is 44.5 Å². The number of carbonyl (C=O) groups is 1. The van der Waals surface area contributed by atoms with E-state index in [1.165, 1.54) is 17.1 Å². The van der Waals surface area contributed by atoms with Crippen molar-refractivity contribution in [2.24, 2.45) is 0 Å². The summed E-state index contributed by atoms with van der Waals surface area (Å²) in [5.74, 6) is -1.08. The Labute approximate surface area is 185 Å². The van der Waals surface area contributed by atoms with Gasteiger partial charge in [-0.25, -0.2) is 19.3 Å². The number of nitrogens with one attached hydrogen (secondary N) is 1. The third kappa shape index (κ3) is 5.79. The van der Waals surface area contributed by atoms with Crippen LogP contribution in [0, 0.1) is 11.3 Å². The van der Waals surface area contributed by atoms with Crippen molar-refractivity contribution < 1.29 is 27.1 Å². The lowest BCUT2D eigenvalue weighted by Gasteiger charge is -2.19. The van der Waals surface area contributed by atoms with E-state index in [2.05, 4.69) is 30.1 Å². The molecule has 33 heavy (non-hydrogen) atoms. The van der Waals surface area contributed by atoms with Crippen LogP contribution in [0.1, 0.15) is 54.3 Å². The van der Waals surface area contributed by atoms with Gasteiger partial charge in [0.2, 0.25) is 0 Å². The third-order valence-corrected chi connectivity index (χ3v) is 4.38. The number of rotatable bonds is 6. The molecule has 0 bridgehead atoms. The molecule has 1 atom stereocenters. The molecule has 0 spiro atoms. The first-order valence-electron chi connectivity index (χ1n) is 9.41. The molecule has 3 rings (SSSR count). The average Bonchev–Trinajstić information content (AvgIpc) is 3.21. The molecular weight excluding hydrogens is 446 g/mol. The van der Waals surface area contributed by atoms with Crippen molar-refractivity contribution >= 4 is 5.91 Å². The van der Waals surface area contributed by atoms with Gasteiger partial charge in [0, 0.05) is 11.6 Å². The zero-order valence-corrected chi connectivity index (χ0v) is 17.6. The van der Waals surface area contributed by atoms with Crippen LogP contribution in [0.2, 0.25) is 0 Å². The number of halogens is 4. The lowest BCUT2D eigenvalue weighted by Crippen LogP contribution is -2.29. The molecule has 172 valence electrons. The maximum Gasteiger partial charge on any atom is 0.573 e. The smallest absolute Gasteiger partial charge is 0.406 e. The fourth-order valence-corrected chi connectivity index (χ4v) is 2.86. The van der Waals surface area contributed by atoms with Gasteiger partial charge in [0.05, 0.1) is 6.04 Å². The van der Waals surface area contributed by atoms with Crippen molar-refractivity contribution in [3.8, 4) is 17.6 Å². The number of amides is 1. The van der Waals surface area contributed by atoms with Gasteiger partial charge in [-0.3, -0.25) is 4.79 Å². The molecule has 0 fully saturated rings. The molecule has 0 radical (unpaired) electrons. The third-order valence-electron chi connectivity index (χ3n) is 4.38. The molecule has 0 aliphatic heterocycles. The highest BCUT2D eigenvalue weighted by molar-refractivity contribution is 5.95. The first-order chi connectivity index (χ1) is 15.4. The molecule has 2 heterocycles. The number of nitriles is 1. The summed E-state index contributed by atoms with van der Waals surface area (Å²) in [7, 11) is 0. The topological polar surface area (TPSA) is 119 Å². The highest BCUT2D eigenvalue weighted by Gasteiger charge is 2.32. The molecule has 3 aromatic rings. The predicted octanol–water partition coefficient (Wildman–Crippen LogP) is 3.52. The zero-order chi connectivity index (χ0) is 24.4. The SMILES string of the molecule is C[C@H](NC(=O)c1cc(OC(F)(F)F)cc(C(C)(C)F)c1)c1ncnn1-c1cc(C#N)ncn1. The highest BCUT2D eigenvalue weighted by atomic mass is 19.4. The Hall–Kier alpha value is -4.08. The van der Waals surface area contributed by atoms with Crippen molar-refractivity contribution in [3.63, 3.8) is 0 Å². The van der Waals surface area contributed by atoms with E-state index in [0.717, 1.165) is 38.4 Å². The predicted molar refractivity (Wildman–Crippen MR) is 105 cm³/mol. The standard InChI is InChI=1S/C20H17F4N7O2/c1-11(17-28-10-29-31(17)16-7-14(8-25)26-9-27-16)30-18(32)12-4-13(19(2,3)21)6-15(5-12)33-20(22,23)24/h4-7,9-11H,1-3H3,(H,30,32)/t11-/m0/s1. The van der Waals surface area contributed by atoms with Gasteiger partial charge in [-0.2, -0.15) is 15.0 Å². The van der Waals surface area contributed by atoms with E-state index in [1.807, 2.05) is 6.07 Å². The monoisotopic (exact) mass is 463 g/mol. The quantitative estimate of drug-likeness (QED) is 0.556. The van der Waals surface area contributed by atoms with Crippen LogP contribution in [-0.2, 0) is 5.67 Å². The molecule has 13 heteroatoms. The maximum absolute atomic E-state index is 14.4. The molecule has 2 aromatic heterocycles. The molecule has 0 aliphatic rings. The van der Waals surface area contributed by atoms with Crippen LogP contribution in [0.3, 0.4) is 0 Å². The van der Waals surface area contributed by atoms with Crippen molar-refractivity contribution in [3.05, 3.63) is 59.6 Å². The summed E-state index contributed by atoms with van der Waals surface area (Å²) in [6, 6.07) is 5.31. The summed E-state index contributed by atoms with van der Waals surface area (Å²) in [5.41, 5.74) is -2.36. The van der Waals surface area contributed by atoms with Crippen LogP contribution in [-0.4, -0.2) is 37.0 Å². The summed E-state index contributed by atoms with van der Waals surface area (Å²) in [6.45, 7) is 3.84. The summed E-state index contributed by atoms with van der Waals surface area (Å²) in [5, 5.41) is 15.6. The normalized spacial score (nSPS) is 12.7. The molecular formula is C20H17F4N7O2. The van der Waals surface area contributed by atoms with Crippen LogP contribution in [0.5, 0.6) is 5.75 Å². The van der Waals surface area contributed by atoms with E-state index in [9.17, 15) is 22.4 Å². The minimum Gasteiger partial charge on any atom is -0.406 e. The van der Waals surface area contributed by atoms with Gasteiger partial charge >= 0.3 is 6.36 Å². The summed E-state index contributed by atoms with van der Waals surface area (Å²) >= 11 is 0. The number of hydrogen-bond donors (Lipinski definition) is 1. The Kier molecular flexibility index (Phi) is 6.30. The summed E-state index contributed by atoms with van der Waals surface area (Å²) in [6.07, 6.45) is -2.65. The Morgan fingerprint density at radius 1 is 1.12 bits per heavy atom. The van der Waals surface area contributed by atoms with E-state index >= 15 is 0 Å². The van der Waals surface area contributed by atoms with Crippen molar-refractivity contribution in [2.75, 3.05) is 0 Å². The first-order valence-corrected chi connectivity index (χ1v) is 9.41. The first kappa shape index (κ1) is 23.6. The summed E-state index contributed by atoms with van der Waals surface area (Å²) < 4.78 is 57.7. The van der Waals surface area contributed by atoms with Gasteiger partial charge in [0.1, 0.15) is 35.8 Å². The van der Waals surface area contributed by atoms with Crippen LogP contribution in [0.25, 0.3) is 5.82 Å². The number of hydrogen-bond acceptors (Lipinski definition) is 7. The largest absolute Gasteiger partial charge is 0.573 e. The second-order valence-electron chi connectivity index (χ2n) is 7.36. The van der Waals surface area contributed by atoms with Crippen LogP contribution in [0.15, 0.2) is 36.9 Å². The van der Waals surface area contributed by atoms with Crippen molar-refractivity contribution in [2.45, 2.75) is 38.8 Å². The number of carbonyl (C=O) groups excluding carboxylic acids is 1. The van der Waals surface area contributed by atoms with Gasteiger partial charge < -0.3 is 10.1 Å². The van der Waals surface area contributed by atoms with E-state index in [4.69, 9.17) is 5.26 Å². The molecule has 1 N–H and O–H groups in total. The minimum absolute atomic E-state index is 0.0842. The average molecular weight is 463 g/mol. The lowest BCUT2D eigenvalue weighted by molar-refractivity contribution is -0.274. The van der Waals surface area contributed by atoms with Gasteiger partial charge in [-0.15, -0.1) is 13.2 Å². The fourth-order valence-electron chi connectivity index (χ4n) is 2.86. The molecule has 0 aliphatic carbocycles. The van der Waals surface area contributed by atoms with Gasteiger partial charge in [0.15, 0.2) is 11.6 Å². The fraction of sp³-hybridized carbons (Fsp3) is 0.300. The molecule has 0 unspecified atom stereocenters. The van der Waals surface area contributed by atoms with Crippen molar-refractivity contribution in [1.29, 1.82) is 5.26 Å². The zero-order valence-electron chi connectivity index (χ0n) is 17.6. The summed E-state index contributed by atoms with van der Waals surface area (Å²) in [4.78, 5) is 24.7. The van der Waals surface area contributed by atoms with E-state index in [-0.39, 0.29) is 28.5 Å². The van der Waals surface area contributed by atoms with Crippen LogP contribution < -0.4 is 10.1 Å². The van der Waals surface area contributed by atoms with Gasteiger partial charge in [-0.1, -0.05) is 0 Å². The van der Waals surface area contributed by atoms with E-state index < -0.39 is 29.7 Å². The van der Waals surface area contributed by atoms with Crippen molar-refractivity contribution in [1.82, 2.24) is 30.0 Å². The molecule has 0 saturated carbocycles. The van der Waals surface area contributed by atoms with Crippen LogP contribution >= 0.6 is 0 Å². The number of benzene rings is 1. The minimum atomic E-state index is -5.02. The Bertz CT molecular complexity index is 1210. The van der Waals surface area contributed by atoms with E-state index in [0.29, 0.717) is 0 Å². The number of ether oxygens (including phenoxy) is 1. The Balaban J connectivity index is 1.90. The Morgan fingerprint density at radius 3 is 2.48 bits per heavy atom. The lowest BCUT2D eigenvalue weighted by atomic mass is 9.97. The van der Waals surface area contributed by atoms with Crippen LogP contribution in [0.4, 0.5) is 17.6 Å². The number of alkyl halides is 4. The second kappa shape index (κ2) is 8.81. The highest BCUT2D eigenvalue weighted by Crippen LogP contribution is 2.32. The number of nitrogens with zero attached hydrogens (tertiary/aromatic N) is 6.